The number of hydrogen-bond donors (Lipinski definition) is 2. The number of carbonyl (C=O) groups is 2. The molecule has 0 bridgehead atoms. The number of amides is 2. The summed E-state index contributed by atoms with van der Waals surface area (Å²) in [5, 5.41) is 12.5. The third kappa shape index (κ3) is 4.68. The van der Waals surface area contributed by atoms with Gasteiger partial charge in [0.2, 0.25) is 11.8 Å². The van der Waals surface area contributed by atoms with Gasteiger partial charge >= 0.3 is 0 Å². The molecule has 3 aromatic rings. The van der Waals surface area contributed by atoms with Crippen molar-refractivity contribution in [2.24, 2.45) is 5.73 Å². The molecule has 140 valence electrons. The van der Waals surface area contributed by atoms with E-state index in [0.717, 1.165) is 34.8 Å². The molecule has 2 aromatic heterocycles. The highest BCUT2D eigenvalue weighted by Gasteiger charge is 2.18. The lowest BCUT2D eigenvalue weighted by Gasteiger charge is -2.08. The van der Waals surface area contributed by atoms with Gasteiger partial charge in [-0.3, -0.25) is 14.2 Å². The van der Waals surface area contributed by atoms with Gasteiger partial charge in [-0.25, -0.2) is 8.78 Å². The average Bonchev–Trinajstić information content (AvgIpc) is 3.26. The molecule has 0 spiro atoms. The van der Waals surface area contributed by atoms with Gasteiger partial charge in [-0.15, -0.1) is 21.5 Å². The molecule has 0 saturated heterocycles. The summed E-state index contributed by atoms with van der Waals surface area (Å²) in [4.78, 5) is 24.2. The maximum atomic E-state index is 13.6. The summed E-state index contributed by atoms with van der Waals surface area (Å²) in [6.45, 7) is -0.150. The highest BCUT2D eigenvalue weighted by atomic mass is 32.2. The summed E-state index contributed by atoms with van der Waals surface area (Å²) in [5.41, 5.74) is 5.03. The Morgan fingerprint density at radius 1 is 1.26 bits per heavy atom. The van der Waals surface area contributed by atoms with Crippen LogP contribution in [0.3, 0.4) is 0 Å². The first-order valence-electron chi connectivity index (χ1n) is 7.57. The Kier molecular flexibility index (Phi) is 5.81. The molecule has 27 heavy (non-hydrogen) atoms. The Morgan fingerprint density at radius 3 is 2.78 bits per heavy atom. The van der Waals surface area contributed by atoms with E-state index in [0.29, 0.717) is 11.0 Å². The molecule has 0 saturated carbocycles. The molecule has 2 amide bonds. The number of thioether (sulfide) groups is 1. The Hall–Kier alpha value is -2.79. The number of nitrogens with zero attached hydrogens (tertiary/aromatic N) is 3. The molecule has 0 atom stereocenters. The first-order chi connectivity index (χ1) is 12.9. The number of primary amides is 1. The summed E-state index contributed by atoms with van der Waals surface area (Å²) in [6, 6.07) is 6.42. The van der Waals surface area contributed by atoms with Gasteiger partial charge in [0.1, 0.15) is 18.2 Å². The molecule has 0 radical (unpaired) electrons. The fraction of sp³-hybridized carbons (Fsp3) is 0.125. The molecule has 3 N–H and O–H groups in total. The van der Waals surface area contributed by atoms with E-state index >= 15 is 0 Å². The lowest BCUT2D eigenvalue weighted by molar-refractivity contribution is -0.118. The van der Waals surface area contributed by atoms with Gasteiger partial charge in [0.25, 0.3) is 0 Å². The summed E-state index contributed by atoms with van der Waals surface area (Å²) >= 11 is 2.42. The molecule has 7 nitrogen and oxygen atoms in total. The standard InChI is InChI=1S/C16H13F2N5O2S2/c17-9-3-4-10(18)11(6-9)20-14(25)8-27-16-22-21-15(12-2-1-5-26-12)23(16)7-13(19)24/h1-6H,7-8H2,(H2,19,24)(H,20,25). The zero-order valence-corrected chi connectivity index (χ0v) is 15.3. The van der Waals surface area contributed by atoms with Crippen LogP contribution >= 0.6 is 23.1 Å². The second-order valence-corrected chi connectivity index (χ2v) is 7.19. The second-order valence-electron chi connectivity index (χ2n) is 5.30. The zero-order chi connectivity index (χ0) is 19.4. The molecule has 3 rings (SSSR count). The molecule has 2 heterocycles. The summed E-state index contributed by atoms with van der Waals surface area (Å²) in [5.74, 6) is -2.23. The minimum atomic E-state index is -0.744. The predicted octanol–water partition coefficient (Wildman–Crippen LogP) is 2.50. The van der Waals surface area contributed by atoms with Crippen molar-refractivity contribution >= 4 is 40.6 Å². The molecule has 0 aliphatic rings. The maximum Gasteiger partial charge on any atom is 0.237 e. The number of aromatic nitrogens is 3. The fourth-order valence-corrected chi connectivity index (χ4v) is 3.65. The van der Waals surface area contributed by atoms with Crippen LogP contribution in [0.1, 0.15) is 0 Å². The Balaban J connectivity index is 1.72. The molecule has 0 aliphatic carbocycles. The molecule has 1 aromatic carbocycles. The van der Waals surface area contributed by atoms with Crippen molar-refractivity contribution in [3.8, 4) is 10.7 Å². The number of hydrogen-bond acceptors (Lipinski definition) is 6. The van der Waals surface area contributed by atoms with Gasteiger partial charge in [-0.2, -0.15) is 0 Å². The van der Waals surface area contributed by atoms with E-state index in [2.05, 4.69) is 15.5 Å². The Labute approximate surface area is 160 Å². The van der Waals surface area contributed by atoms with E-state index in [4.69, 9.17) is 5.73 Å². The van der Waals surface area contributed by atoms with E-state index < -0.39 is 23.4 Å². The number of benzene rings is 1. The van der Waals surface area contributed by atoms with Crippen molar-refractivity contribution < 1.29 is 18.4 Å². The summed E-state index contributed by atoms with van der Waals surface area (Å²) in [7, 11) is 0. The van der Waals surface area contributed by atoms with E-state index in [1.807, 2.05) is 17.5 Å². The van der Waals surface area contributed by atoms with Crippen LogP contribution in [0.2, 0.25) is 0 Å². The smallest absolute Gasteiger partial charge is 0.237 e. The van der Waals surface area contributed by atoms with E-state index in [1.54, 1.807) is 0 Å². The second kappa shape index (κ2) is 8.27. The highest BCUT2D eigenvalue weighted by molar-refractivity contribution is 7.99. The van der Waals surface area contributed by atoms with Gasteiger partial charge in [-0.1, -0.05) is 17.8 Å². The number of carbonyl (C=O) groups excluding carboxylic acids is 2. The predicted molar refractivity (Wildman–Crippen MR) is 98.2 cm³/mol. The largest absolute Gasteiger partial charge is 0.368 e. The van der Waals surface area contributed by atoms with Crippen molar-refractivity contribution in [3.63, 3.8) is 0 Å². The van der Waals surface area contributed by atoms with Crippen molar-refractivity contribution in [1.29, 1.82) is 0 Å². The van der Waals surface area contributed by atoms with Crippen LogP contribution in [0.5, 0.6) is 0 Å². The Bertz CT molecular complexity index is 975. The molecule has 11 heteroatoms. The van der Waals surface area contributed by atoms with Crippen LogP contribution in [-0.2, 0) is 16.1 Å². The number of rotatable bonds is 7. The molecular formula is C16H13F2N5O2S2. The number of anilines is 1. The van der Waals surface area contributed by atoms with Gasteiger partial charge < -0.3 is 11.1 Å². The van der Waals surface area contributed by atoms with E-state index in [-0.39, 0.29) is 18.0 Å². The fourth-order valence-electron chi connectivity index (χ4n) is 2.19. The number of halogens is 2. The van der Waals surface area contributed by atoms with E-state index in [1.165, 1.54) is 15.9 Å². The number of nitrogens with two attached hydrogens (primary N) is 1. The van der Waals surface area contributed by atoms with Crippen LogP contribution in [0.15, 0.2) is 40.9 Å². The van der Waals surface area contributed by atoms with Crippen molar-refractivity contribution in [2.45, 2.75) is 11.7 Å². The molecule has 0 fully saturated rings. The van der Waals surface area contributed by atoms with Crippen molar-refractivity contribution in [1.82, 2.24) is 14.8 Å². The van der Waals surface area contributed by atoms with Crippen LogP contribution in [0, 0.1) is 11.6 Å². The molecular weight excluding hydrogens is 396 g/mol. The van der Waals surface area contributed by atoms with Gasteiger partial charge in [-0.05, 0) is 23.6 Å². The maximum absolute atomic E-state index is 13.6. The lowest BCUT2D eigenvalue weighted by Crippen LogP contribution is -2.20. The number of nitrogens with one attached hydrogen (secondary N) is 1. The van der Waals surface area contributed by atoms with Crippen LogP contribution in [0.25, 0.3) is 10.7 Å². The van der Waals surface area contributed by atoms with Crippen LogP contribution in [-0.4, -0.2) is 32.3 Å². The van der Waals surface area contributed by atoms with Crippen LogP contribution < -0.4 is 11.1 Å². The third-order valence-corrected chi connectivity index (χ3v) is 5.14. The first-order valence-corrected chi connectivity index (χ1v) is 9.43. The number of thiophene rings is 1. The Morgan fingerprint density at radius 2 is 2.07 bits per heavy atom. The minimum absolute atomic E-state index is 0.142. The third-order valence-electron chi connectivity index (χ3n) is 3.31. The van der Waals surface area contributed by atoms with Gasteiger partial charge in [0.15, 0.2) is 11.0 Å². The first kappa shape index (κ1) is 19.0. The summed E-state index contributed by atoms with van der Waals surface area (Å²) < 4.78 is 28.3. The lowest BCUT2D eigenvalue weighted by atomic mass is 10.3. The van der Waals surface area contributed by atoms with Gasteiger partial charge in [0.05, 0.1) is 16.3 Å². The van der Waals surface area contributed by atoms with E-state index in [9.17, 15) is 18.4 Å². The van der Waals surface area contributed by atoms with Crippen LogP contribution in [0.4, 0.5) is 14.5 Å². The summed E-state index contributed by atoms with van der Waals surface area (Å²) in [6.07, 6.45) is 0. The zero-order valence-electron chi connectivity index (χ0n) is 13.7. The van der Waals surface area contributed by atoms with Gasteiger partial charge in [0, 0.05) is 6.07 Å². The highest BCUT2D eigenvalue weighted by Crippen LogP contribution is 2.27. The SMILES string of the molecule is NC(=O)Cn1c(SCC(=O)Nc2cc(F)ccc2F)nnc1-c1cccs1. The topological polar surface area (TPSA) is 103 Å². The van der Waals surface area contributed by atoms with Crippen molar-refractivity contribution in [3.05, 3.63) is 47.3 Å². The minimum Gasteiger partial charge on any atom is -0.368 e. The quantitative estimate of drug-likeness (QED) is 0.584. The monoisotopic (exact) mass is 409 g/mol. The molecule has 0 aliphatic heterocycles. The average molecular weight is 409 g/mol. The molecule has 0 unspecified atom stereocenters. The van der Waals surface area contributed by atoms with Crippen molar-refractivity contribution in [2.75, 3.05) is 11.1 Å². The normalized spacial score (nSPS) is 10.7.